The Morgan fingerprint density at radius 1 is 1.12 bits per heavy atom. The summed E-state index contributed by atoms with van der Waals surface area (Å²) in [5.74, 6) is 0. The van der Waals surface area contributed by atoms with Crippen LogP contribution in [0, 0.1) is 0 Å². The van der Waals surface area contributed by atoms with E-state index in [1.54, 1.807) is 0 Å². The molecule has 1 rings (SSSR count). The fraction of sp³-hybridized carbons (Fsp3) is 0.600. The maximum atomic E-state index is 9.37. The van der Waals surface area contributed by atoms with Gasteiger partial charge in [-0.15, -0.1) is 0 Å². The van der Waals surface area contributed by atoms with Gasteiger partial charge in [0, 0.05) is 0 Å². The van der Waals surface area contributed by atoms with Gasteiger partial charge >= 0.3 is 0 Å². The molecule has 1 atom stereocenters. The lowest BCUT2D eigenvalue weighted by molar-refractivity contribution is 0.160. The number of hydrogen-bond acceptors (Lipinski definition) is 2. The summed E-state index contributed by atoms with van der Waals surface area (Å²) < 4.78 is 0. The van der Waals surface area contributed by atoms with Crippen LogP contribution in [0.3, 0.4) is 0 Å². The minimum atomic E-state index is -0.133. The molecule has 0 spiro atoms. The highest BCUT2D eigenvalue weighted by atomic mass is 16.3. The molecule has 1 aromatic carbocycles. The van der Waals surface area contributed by atoms with Gasteiger partial charge in [0.25, 0.3) is 0 Å². The highest BCUT2D eigenvalue weighted by Gasteiger charge is 1.98. The van der Waals surface area contributed by atoms with Crippen LogP contribution in [-0.2, 0) is 6.42 Å². The Bertz CT molecular complexity index is 274. The first-order chi connectivity index (χ1) is 8.33. The second-order valence-corrected chi connectivity index (χ2v) is 4.54. The maximum absolute atomic E-state index is 9.37. The first-order valence-corrected chi connectivity index (χ1v) is 6.75. The SMILES string of the molecule is CCC(O)CCNCCCCc1ccccc1. The molecule has 1 aromatic rings. The summed E-state index contributed by atoms with van der Waals surface area (Å²) in [4.78, 5) is 0. The zero-order valence-corrected chi connectivity index (χ0v) is 10.9. The molecular weight excluding hydrogens is 210 g/mol. The molecule has 0 saturated carbocycles. The van der Waals surface area contributed by atoms with Gasteiger partial charge in [-0.1, -0.05) is 37.3 Å². The zero-order valence-electron chi connectivity index (χ0n) is 10.9. The van der Waals surface area contributed by atoms with Gasteiger partial charge in [-0.2, -0.15) is 0 Å². The molecule has 0 amide bonds. The van der Waals surface area contributed by atoms with E-state index in [9.17, 15) is 5.11 Å². The molecule has 2 N–H and O–H groups in total. The van der Waals surface area contributed by atoms with Gasteiger partial charge in [0.15, 0.2) is 0 Å². The smallest absolute Gasteiger partial charge is 0.0549 e. The molecule has 0 bridgehead atoms. The van der Waals surface area contributed by atoms with E-state index in [2.05, 4.69) is 35.6 Å². The topological polar surface area (TPSA) is 32.3 Å². The van der Waals surface area contributed by atoms with Crippen LogP contribution in [0.15, 0.2) is 30.3 Å². The van der Waals surface area contributed by atoms with Crippen LogP contribution < -0.4 is 5.32 Å². The minimum absolute atomic E-state index is 0.133. The molecule has 0 aliphatic rings. The molecule has 2 heteroatoms. The van der Waals surface area contributed by atoms with Crippen molar-refractivity contribution in [3.8, 4) is 0 Å². The van der Waals surface area contributed by atoms with Gasteiger partial charge in [-0.25, -0.2) is 0 Å². The normalized spacial score (nSPS) is 12.6. The highest BCUT2D eigenvalue weighted by molar-refractivity contribution is 5.14. The van der Waals surface area contributed by atoms with Crippen LogP contribution in [-0.4, -0.2) is 24.3 Å². The molecule has 0 fully saturated rings. The summed E-state index contributed by atoms with van der Waals surface area (Å²) in [6.45, 7) is 4.01. The van der Waals surface area contributed by atoms with Gasteiger partial charge in [-0.3, -0.25) is 0 Å². The summed E-state index contributed by atoms with van der Waals surface area (Å²) in [7, 11) is 0. The van der Waals surface area contributed by atoms with Crippen molar-refractivity contribution in [2.24, 2.45) is 0 Å². The number of benzene rings is 1. The highest BCUT2D eigenvalue weighted by Crippen LogP contribution is 2.03. The number of aryl methyl sites for hydroxylation is 1. The Morgan fingerprint density at radius 2 is 1.88 bits per heavy atom. The molecule has 0 aliphatic carbocycles. The minimum Gasteiger partial charge on any atom is -0.393 e. The van der Waals surface area contributed by atoms with Crippen LogP contribution in [0.1, 0.15) is 38.2 Å². The van der Waals surface area contributed by atoms with Crippen LogP contribution in [0.5, 0.6) is 0 Å². The van der Waals surface area contributed by atoms with Crippen molar-refractivity contribution in [3.05, 3.63) is 35.9 Å². The number of hydrogen-bond donors (Lipinski definition) is 2. The third-order valence-corrected chi connectivity index (χ3v) is 3.04. The third-order valence-electron chi connectivity index (χ3n) is 3.04. The quantitative estimate of drug-likeness (QED) is 0.645. The Balaban J connectivity index is 1.91. The molecule has 2 nitrogen and oxygen atoms in total. The summed E-state index contributed by atoms with van der Waals surface area (Å²) in [6, 6.07) is 10.6. The Morgan fingerprint density at radius 3 is 2.59 bits per heavy atom. The standard InChI is InChI=1S/C15H25NO/c1-2-15(17)11-13-16-12-7-6-10-14-8-4-3-5-9-14/h3-5,8-9,15-17H,2,6-7,10-13H2,1H3. The van der Waals surface area contributed by atoms with Crippen molar-refractivity contribution in [3.63, 3.8) is 0 Å². The molecule has 0 heterocycles. The van der Waals surface area contributed by atoms with E-state index >= 15 is 0 Å². The average molecular weight is 235 g/mol. The van der Waals surface area contributed by atoms with E-state index in [1.807, 2.05) is 6.92 Å². The van der Waals surface area contributed by atoms with E-state index < -0.39 is 0 Å². The van der Waals surface area contributed by atoms with Crippen LogP contribution >= 0.6 is 0 Å². The summed E-state index contributed by atoms with van der Waals surface area (Å²) in [5.41, 5.74) is 1.42. The molecule has 0 aliphatic heterocycles. The molecule has 0 aromatic heterocycles. The number of rotatable bonds is 9. The van der Waals surface area contributed by atoms with E-state index in [1.165, 1.54) is 24.8 Å². The lowest BCUT2D eigenvalue weighted by Gasteiger charge is -2.08. The Hall–Kier alpha value is -0.860. The van der Waals surface area contributed by atoms with Gasteiger partial charge in [0.05, 0.1) is 6.10 Å². The predicted octanol–water partition coefficient (Wildman–Crippen LogP) is 2.76. The number of aliphatic hydroxyl groups is 1. The van der Waals surface area contributed by atoms with Crippen molar-refractivity contribution in [2.45, 2.75) is 45.1 Å². The lowest BCUT2D eigenvalue weighted by Crippen LogP contribution is -2.21. The van der Waals surface area contributed by atoms with Crippen molar-refractivity contribution >= 4 is 0 Å². The second kappa shape index (κ2) is 9.20. The summed E-state index contributed by atoms with van der Waals surface area (Å²) in [6.07, 6.45) is 5.20. The van der Waals surface area contributed by atoms with Crippen molar-refractivity contribution in [1.82, 2.24) is 5.32 Å². The third kappa shape index (κ3) is 7.14. The van der Waals surface area contributed by atoms with Crippen molar-refractivity contribution in [2.75, 3.05) is 13.1 Å². The molecule has 1 unspecified atom stereocenters. The van der Waals surface area contributed by atoms with Crippen LogP contribution in [0.2, 0.25) is 0 Å². The maximum Gasteiger partial charge on any atom is 0.0549 e. The van der Waals surface area contributed by atoms with Crippen LogP contribution in [0.25, 0.3) is 0 Å². The molecule has 0 radical (unpaired) electrons. The summed E-state index contributed by atoms with van der Waals surface area (Å²) >= 11 is 0. The molecular formula is C15H25NO. The van der Waals surface area contributed by atoms with E-state index in [0.717, 1.165) is 25.9 Å². The molecule has 96 valence electrons. The fourth-order valence-corrected chi connectivity index (χ4v) is 1.82. The van der Waals surface area contributed by atoms with Crippen molar-refractivity contribution in [1.29, 1.82) is 0 Å². The zero-order chi connectivity index (χ0) is 12.3. The monoisotopic (exact) mass is 235 g/mol. The van der Waals surface area contributed by atoms with E-state index in [4.69, 9.17) is 0 Å². The summed E-state index contributed by atoms with van der Waals surface area (Å²) in [5, 5.41) is 12.7. The fourth-order valence-electron chi connectivity index (χ4n) is 1.82. The number of aliphatic hydroxyl groups excluding tert-OH is 1. The lowest BCUT2D eigenvalue weighted by atomic mass is 10.1. The number of nitrogens with one attached hydrogen (secondary N) is 1. The van der Waals surface area contributed by atoms with Crippen LogP contribution in [0.4, 0.5) is 0 Å². The Kier molecular flexibility index (Phi) is 7.69. The molecule has 17 heavy (non-hydrogen) atoms. The van der Waals surface area contributed by atoms with Gasteiger partial charge in [-0.05, 0) is 50.8 Å². The predicted molar refractivity (Wildman–Crippen MR) is 73.2 cm³/mol. The van der Waals surface area contributed by atoms with Gasteiger partial charge < -0.3 is 10.4 Å². The first kappa shape index (κ1) is 14.2. The number of unbranched alkanes of at least 4 members (excludes halogenated alkanes) is 1. The largest absolute Gasteiger partial charge is 0.393 e. The first-order valence-electron chi connectivity index (χ1n) is 6.75. The van der Waals surface area contributed by atoms with Gasteiger partial charge in [0.2, 0.25) is 0 Å². The van der Waals surface area contributed by atoms with E-state index in [0.29, 0.717) is 0 Å². The van der Waals surface area contributed by atoms with Gasteiger partial charge in [0.1, 0.15) is 0 Å². The average Bonchev–Trinajstić information content (AvgIpc) is 2.38. The molecule has 0 saturated heterocycles. The Labute approximate surface area is 105 Å². The van der Waals surface area contributed by atoms with E-state index in [-0.39, 0.29) is 6.10 Å². The van der Waals surface area contributed by atoms with Crippen molar-refractivity contribution < 1.29 is 5.11 Å². The second-order valence-electron chi connectivity index (χ2n) is 4.54.